The summed E-state index contributed by atoms with van der Waals surface area (Å²) >= 11 is 3.37. The Morgan fingerprint density at radius 2 is 2.00 bits per heavy atom. The summed E-state index contributed by atoms with van der Waals surface area (Å²) in [6.45, 7) is 5.64. The molecule has 3 nitrogen and oxygen atoms in total. The van der Waals surface area contributed by atoms with E-state index >= 15 is 0 Å². The van der Waals surface area contributed by atoms with Crippen molar-refractivity contribution in [3.8, 4) is 0 Å². The fourth-order valence-electron chi connectivity index (χ4n) is 1.26. The Morgan fingerprint density at radius 1 is 1.35 bits per heavy atom. The van der Waals surface area contributed by atoms with E-state index in [-0.39, 0.29) is 24.2 Å². The van der Waals surface area contributed by atoms with Crippen LogP contribution in [0, 0.1) is 12.8 Å². The lowest BCUT2D eigenvalue weighted by Gasteiger charge is -2.07. The molecule has 1 rings (SSSR count). The van der Waals surface area contributed by atoms with Gasteiger partial charge in [-0.3, -0.25) is 9.59 Å². The summed E-state index contributed by atoms with van der Waals surface area (Å²) in [7, 11) is 0. The van der Waals surface area contributed by atoms with E-state index in [1.807, 2.05) is 26.8 Å². The number of aryl methyl sites for hydroxylation is 1. The zero-order valence-electron chi connectivity index (χ0n) is 10.2. The number of carbonyl (C=O) groups excluding carboxylic acids is 2. The molecule has 0 aliphatic carbocycles. The number of nitrogens with one attached hydrogen (secondary N) is 1. The molecule has 1 N–H and O–H groups in total. The Hall–Kier alpha value is -1.16. The molecule has 0 aliphatic heterocycles. The summed E-state index contributed by atoms with van der Waals surface area (Å²) in [6, 6.07) is 5.35. The van der Waals surface area contributed by atoms with Crippen molar-refractivity contribution in [2.24, 2.45) is 5.92 Å². The average molecular weight is 298 g/mol. The molecule has 0 spiro atoms. The van der Waals surface area contributed by atoms with Gasteiger partial charge in [-0.2, -0.15) is 0 Å². The third kappa shape index (κ3) is 3.97. The van der Waals surface area contributed by atoms with Gasteiger partial charge in [0.2, 0.25) is 0 Å². The monoisotopic (exact) mass is 297 g/mol. The first-order valence-electron chi connectivity index (χ1n) is 5.49. The van der Waals surface area contributed by atoms with Crippen LogP contribution in [0.3, 0.4) is 0 Å². The van der Waals surface area contributed by atoms with Crippen molar-refractivity contribution < 1.29 is 9.59 Å². The van der Waals surface area contributed by atoms with Gasteiger partial charge in [-0.1, -0.05) is 29.8 Å². The van der Waals surface area contributed by atoms with E-state index in [2.05, 4.69) is 21.2 Å². The van der Waals surface area contributed by atoms with Crippen molar-refractivity contribution in [1.29, 1.82) is 0 Å². The topological polar surface area (TPSA) is 46.2 Å². The first-order valence-corrected chi connectivity index (χ1v) is 6.28. The van der Waals surface area contributed by atoms with Crippen LogP contribution in [0.1, 0.15) is 29.8 Å². The molecule has 0 atom stereocenters. The molecule has 4 heteroatoms. The second kappa shape index (κ2) is 5.96. The Morgan fingerprint density at radius 3 is 2.53 bits per heavy atom. The first-order chi connectivity index (χ1) is 7.91. The lowest BCUT2D eigenvalue weighted by atomic mass is 10.1. The van der Waals surface area contributed by atoms with E-state index in [9.17, 15) is 9.59 Å². The van der Waals surface area contributed by atoms with Crippen LogP contribution in [0.4, 0.5) is 0 Å². The van der Waals surface area contributed by atoms with Crippen LogP contribution in [-0.2, 0) is 4.79 Å². The molecule has 0 unspecified atom stereocenters. The van der Waals surface area contributed by atoms with Crippen LogP contribution < -0.4 is 5.32 Å². The van der Waals surface area contributed by atoms with Crippen molar-refractivity contribution in [3.63, 3.8) is 0 Å². The molecule has 0 aromatic heterocycles. The molecule has 0 radical (unpaired) electrons. The number of hydrogen-bond acceptors (Lipinski definition) is 2. The van der Waals surface area contributed by atoms with Gasteiger partial charge in [0, 0.05) is 16.0 Å². The summed E-state index contributed by atoms with van der Waals surface area (Å²) in [4.78, 5) is 23.1. The van der Waals surface area contributed by atoms with Gasteiger partial charge in [0.15, 0.2) is 5.78 Å². The highest BCUT2D eigenvalue weighted by Gasteiger charge is 2.11. The standard InChI is InChI=1S/C13H16BrNO2/c1-8(2)12(16)7-15-13(17)10-4-5-11(14)9(3)6-10/h4-6,8H,7H2,1-3H3,(H,15,17). The third-order valence-corrected chi connectivity index (χ3v) is 3.38. The van der Waals surface area contributed by atoms with Gasteiger partial charge in [0.05, 0.1) is 6.54 Å². The van der Waals surface area contributed by atoms with Gasteiger partial charge < -0.3 is 5.32 Å². The lowest BCUT2D eigenvalue weighted by molar-refractivity contribution is -0.120. The van der Waals surface area contributed by atoms with E-state index in [4.69, 9.17) is 0 Å². The quantitative estimate of drug-likeness (QED) is 0.929. The lowest BCUT2D eigenvalue weighted by Crippen LogP contribution is -2.31. The highest BCUT2D eigenvalue weighted by molar-refractivity contribution is 9.10. The maximum Gasteiger partial charge on any atom is 0.251 e. The second-order valence-electron chi connectivity index (χ2n) is 4.27. The van der Waals surface area contributed by atoms with Crippen LogP contribution in [-0.4, -0.2) is 18.2 Å². The molecule has 1 aromatic rings. The van der Waals surface area contributed by atoms with Crippen LogP contribution >= 0.6 is 15.9 Å². The number of benzene rings is 1. The van der Waals surface area contributed by atoms with E-state index in [1.54, 1.807) is 12.1 Å². The van der Waals surface area contributed by atoms with E-state index in [0.29, 0.717) is 5.56 Å². The number of hydrogen-bond donors (Lipinski definition) is 1. The summed E-state index contributed by atoms with van der Waals surface area (Å²) in [5, 5.41) is 2.62. The van der Waals surface area contributed by atoms with Gasteiger partial charge in [0.1, 0.15) is 0 Å². The molecule has 92 valence electrons. The zero-order valence-corrected chi connectivity index (χ0v) is 11.8. The summed E-state index contributed by atoms with van der Waals surface area (Å²) < 4.78 is 0.965. The van der Waals surface area contributed by atoms with E-state index in [1.165, 1.54) is 0 Å². The maximum absolute atomic E-state index is 11.8. The van der Waals surface area contributed by atoms with Crippen molar-refractivity contribution in [3.05, 3.63) is 33.8 Å². The van der Waals surface area contributed by atoms with Crippen molar-refractivity contribution in [1.82, 2.24) is 5.32 Å². The summed E-state index contributed by atoms with van der Waals surface area (Å²) in [5.41, 5.74) is 1.56. The highest BCUT2D eigenvalue weighted by Crippen LogP contribution is 2.16. The molecule has 0 bridgehead atoms. The molecular formula is C13H16BrNO2. The van der Waals surface area contributed by atoms with Gasteiger partial charge >= 0.3 is 0 Å². The minimum absolute atomic E-state index is 0.0344. The first kappa shape index (κ1) is 13.9. The smallest absolute Gasteiger partial charge is 0.251 e. The van der Waals surface area contributed by atoms with Crippen molar-refractivity contribution >= 4 is 27.6 Å². The van der Waals surface area contributed by atoms with Crippen molar-refractivity contribution in [2.75, 3.05) is 6.54 Å². The predicted octanol–water partition coefficient (Wildman–Crippen LogP) is 2.71. The minimum atomic E-state index is -0.213. The molecule has 0 heterocycles. The van der Waals surface area contributed by atoms with Crippen LogP contribution in [0.5, 0.6) is 0 Å². The SMILES string of the molecule is Cc1cc(C(=O)NCC(=O)C(C)C)ccc1Br. The van der Waals surface area contributed by atoms with Gasteiger partial charge in [-0.25, -0.2) is 0 Å². The third-order valence-electron chi connectivity index (χ3n) is 2.49. The normalized spacial score (nSPS) is 10.4. The molecule has 1 aromatic carbocycles. The maximum atomic E-state index is 11.8. The molecule has 0 saturated heterocycles. The van der Waals surface area contributed by atoms with Gasteiger partial charge in [-0.05, 0) is 30.7 Å². The van der Waals surface area contributed by atoms with E-state index < -0.39 is 0 Å². The van der Waals surface area contributed by atoms with E-state index in [0.717, 1.165) is 10.0 Å². The summed E-state index contributed by atoms with van der Waals surface area (Å²) in [5.74, 6) is -0.233. The Balaban J connectivity index is 2.64. The largest absolute Gasteiger partial charge is 0.345 e. The van der Waals surface area contributed by atoms with Crippen LogP contribution in [0.15, 0.2) is 22.7 Å². The molecule has 1 amide bonds. The Labute approximate surface area is 110 Å². The number of amides is 1. The van der Waals surface area contributed by atoms with Gasteiger partial charge in [-0.15, -0.1) is 0 Å². The average Bonchev–Trinajstić information content (AvgIpc) is 2.28. The molecule has 17 heavy (non-hydrogen) atoms. The number of halogens is 1. The number of ketones is 1. The van der Waals surface area contributed by atoms with Crippen LogP contribution in [0.2, 0.25) is 0 Å². The number of rotatable bonds is 4. The van der Waals surface area contributed by atoms with Crippen molar-refractivity contribution in [2.45, 2.75) is 20.8 Å². The zero-order chi connectivity index (χ0) is 13.0. The highest BCUT2D eigenvalue weighted by atomic mass is 79.9. The molecular weight excluding hydrogens is 282 g/mol. The molecule has 0 aliphatic rings. The number of Topliss-reactive ketones (excluding diaryl/α,β-unsaturated/α-hetero) is 1. The second-order valence-corrected chi connectivity index (χ2v) is 5.12. The number of carbonyl (C=O) groups is 2. The van der Waals surface area contributed by atoms with Gasteiger partial charge in [0.25, 0.3) is 5.91 Å². The predicted molar refractivity (Wildman–Crippen MR) is 71.1 cm³/mol. The van der Waals surface area contributed by atoms with Crippen LogP contribution in [0.25, 0.3) is 0 Å². The summed E-state index contributed by atoms with van der Waals surface area (Å²) in [6.07, 6.45) is 0. The fourth-order valence-corrected chi connectivity index (χ4v) is 1.51. The molecule has 0 fully saturated rings. The Bertz CT molecular complexity index is 441. The Kier molecular flexibility index (Phi) is 4.87. The minimum Gasteiger partial charge on any atom is -0.345 e. The molecule has 0 saturated carbocycles. The fraction of sp³-hybridized carbons (Fsp3) is 0.385.